The minimum Gasteiger partial charge on any atom is -0.360 e. The van der Waals surface area contributed by atoms with Crippen LogP contribution in [0.25, 0.3) is 0 Å². The van der Waals surface area contributed by atoms with Gasteiger partial charge in [-0.05, 0) is 44.4 Å². The maximum atomic E-state index is 12.5. The van der Waals surface area contributed by atoms with E-state index in [-0.39, 0.29) is 11.8 Å². The van der Waals surface area contributed by atoms with Crippen molar-refractivity contribution in [2.45, 2.75) is 26.7 Å². The van der Waals surface area contributed by atoms with Gasteiger partial charge in [0.2, 0.25) is 11.8 Å². The van der Waals surface area contributed by atoms with Crippen molar-refractivity contribution in [2.24, 2.45) is 5.41 Å². The van der Waals surface area contributed by atoms with E-state index in [4.69, 9.17) is 16.1 Å². The molecule has 0 aliphatic heterocycles. The molecule has 1 saturated carbocycles. The van der Waals surface area contributed by atoms with Crippen LogP contribution in [0.4, 0.5) is 11.5 Å². The number of carbonyl (C=O) groups excluding carboxylic acids is 2. The first-order valence-electron chi connectivity index (χ1n) is 7.23. The van der Waals surface area contributed by atoms with E-state index >= 15 is 0 Å². The summed E-state index contributed by atoms with van der Waals surface area (Å²) in [6.45, 7) is 3.60. The number of aromatic nitrogens is 1. The molecule has 6 nitrogen and oxygen atoms in total. The van der Waals surface area contributed by atoms with Gasteiger partial charge in [-0.15, -0.1) is 0 Å². The topological polar surface area (TPSA) is 84.2 Å². The number of anilines is 2. The van der Waals surface area contributed by atoms with Crippen molar-refractivity contribution in [1.29, 1.82) is 0 Å². The van der Waals surface area contributed by atoms with E-state index < -0.39 is 5.41 Å². The summed E-state index contributed by atoms with van der Waals surface area (Å²) in [7, 11) is 0. The van der Waals surface area contributed by atoms with E-state index in [0.717, 1.165) is 5.56 Å². The van der Waals surface area contributed by atoms with E-state index in [1.807, 2.05) is 13.0 Å². The van der Waals surface area contributed by atoms with Gasteiger partial charge in [0.15, 0.2) is 5.82 Å². The van der Waals surface area contributed by atoms with Crippen LogP contribution in [0.2, 0.25) is 5.02 Å². The molecule has 1 heterocycles. The lowest BCUT2D eigenvalue weighted by Gasteiger charge is -2.14. The van der Waals surface area contributed by atoms with Gasteiger partial charge in [0.25, 0.3) is 0 Å². The first kappa shape index (κ1) is 15.6. The second-order valence-electron chi connectivity index (χ2n) is 5.78. The fraction of sp³-hybridized carbons (Fsp3) is 0.312. The van der Waals surface area contributed by atoms with Gasteiger partial charge in [-0.25, -0.2) is 0 Å². The second-order valence-corrected chi connectivity index (χ2v) is 6.18. The van der Waals surface area contributed by atoms with Gasteiger partial charge < -0.3 is 15.2 Å². The van der Waals surface area contributed by atoms with Crippen LogP contribution >= 0.6 is 11.6 Å². The van der Waals surface area contributed by atoms with Crippen LogP contribution in [-0.4, -0.2) is 17.0 Å². The number of hydrogen-bond acceptors (Lipinski definition) is 4. The standard InChI is InChI=1S/C16H16ClN3O3/c1-9-3-4-11(8-12(9)17)18-14(21)16(5-6-16)15(22)19-13-7-10(2)23-20-13/h3-4,7-8H,5-6H2,1-2H3,(H,18,21)(H,19,20,22). The highest BCUT2D eigenvalue weighted by atomic mass is 35.5. The summed E-state index contributed by atoms with van der Waals surface area (Å²) in [6.07, 6.45) is 1.00. The average molecular weight is 334 g/mol. The monoisotopic (exact) mass is 333 g/mol. The highest BCUT2D eigenvalue weighted by Gasteiger charge is 2.56. The summed E-state index contributed by atoms with van der Waals surface area (Å²) in [4.78, 5) is 24.8. The highest BCUT2D eigenvalue weighted by molar-refractivity contribution is 6.31. The van der Waals surface area contributed by atoms with Crippen molar-refractivity contribution in [3.05, 3.63) is 40.6 Å². The van der Waals surface area contributed by atoms with Crippen molar-refractivity contribution in [1.82, 2.24) is 5.16 Å². The molecule has 7 heteroatoms. The summed E-state index contributed by atoms with van der Waals surface area (Å²) in [5.74, 6) is 0.186. The third-order valence-electron chi connectivity index (χ3n) is 3.92. The second kappa shape index (κ2) is 5.70. The highest BCUT2D eigenvalue weighted by Crippen LogP contribution is 2.47. The molecule has 1 aliphatic rings. The fourth-order valence-corrected chi connectivity index (χ4v) is 2.45. The van der Waals surface area contributed by atoms with E-state index in [2.05, 4.69) is 15.8 Å². The maximum Gasteiger partial charge on any atom is 0.241 e. The lowest BCUT2D eigenvalue weighted by Crippen LogP contribution is -2.35. The zero-order valence-electron chi connectivity index (χ0n) is 12.8. The summed E-state index contributed by atoms with van der Waals surface area (Å²) >= 11 is 6.05. The third kappa shape index (κ3) is 3.07. The zero-order valence-corrected chi connectivity index (χ0v) is 13.5. The molecular formula is C16H16ClN3O3. The van der Waals surface area contributed by atoms with E-state index in [1.165, 1.54) is 0 Å². The Hall–Kier alpha value is -2.34. The largest absolute Gasteiger partial charge is 0.360 e. The molecule has 1 fully saturated rings. The number of rotatable bonds is 4. The van der Waals surface area contributed by atoms with Gasteiger partial charge in [0.1, 0.15) is 11.2 Å². The number of nitrogens with zero attached hydrogens (tertiary/aromatic N) is 1. The molecule has 1 aromatic carbocycles. The molecule has 2 N–H and O–H groups in total. The molecule has 0 atom stereocenters. The van der Waals surface area contributed by atoms with Crippen molar-refractivity contribution < 1.29 is 14.1 Å². The Balaban J connectivity index is 1.70. The molecule has 1 aliphatic carbocycles. The number of nitrogens with one attached hydrogen (secondary N) is 2. The molecule has 0 saturated heterocycles. The molecule has 3 rings (SSSR count). The summed E-state index contributed by atoms with van der Waals surface area (Å²) in [5.41, 5.74) is 0.441. The zero-order chi connectivity index (χ0) is 16.6. The van der Waals surface area contributed by atoms with Crippen LogP contribution in [0.15, 0.2) is 28.8 Å². The van der Waals surface area contributed by atoms with Gasteiger partial charge in [-0.1, -0.05) is 22.8 Å². The predicted molar refractivity (Wildman–Crippen MR) is 86.4 cm³/mol. The lowest BCUT2D eigenvalue weighted by molar-refractivity contribution is -0.131. The smallest absolute Gasteiger partial charge is 0.241 e. The Morgan fingerprint density at radius 3 is 2.43 bits per heavy atom. The van der Waals surface area contributed by atoms with Crippen LogP contribution in [0.5, 0.6) is 0 Å². The van der Waals surface area contributed by atoms with Gasteiger partial charge in [-0.3, -0.25) is 9.59 Å². The van der Waals surface area contributed by atoms with Crippen LogP contribution in [0.3, 0.4) is 0 Å². The minimum atomic E-state index is -1.05. The van der Waals surface area contributed by atoms with E-state index in [0.29, 0.717) is 35.1 Å². The first-order chi connectivity index (χ1) is 10.9. The van der Waals surface area contributed by atoms with Gasteiger partial charge in [-0.2, -0.15) is 0 Å². The SMILES string of the molecule is Cc1cc(NC(=O)C2(C(=O)Nc3ccc(C)c(Cl)c3)CC2)no1. The summed E-state index contributed by atoms with van der Waals surface area (Å²) in [5, 5.41) is 9.65. The van der Waals surface area contributed by atoms with Gasteiger partial charge in [0.05, 0.1) is 0 Å². The molecular weight excluding hydrogens is 318 g/mol. The van der Waals surface area contributed by atoms with Crippen molar-refractivity contribution in [2.75, 3.05) is 10.6 Å². The average Bonchev–Trinajstić information content (AvgIpc) is 3.22. The predicted octanol–water partition coefficient (Wildman–Crippen LogP) is 3.30. The van der Waals surface area contributed by atoms with Crippen molar-refractivity contribution in [3.8, 4) is 0 Å². The van der Waals surface area contributed by atoms with Crippen LogP contribution in [-0.2, 0) is 9.59 Å². The fourth-order valence-electron chi connectivity index (χ4n) is 2.26. The molecule has 1 aromatic heterocycles. The van der Waals surface area contributed by atoms with Crippen molar-refractivity contribution >= 4 is 34.9 Å². The van der Waals surface area contributed by atoms with Gasteiger partial charge >= 0.3 is 0 Å². The quantitative estimate of drug-likeness (QED) is 0.841. The molecule has 2 aromatic rings. The Labute approximate surface area is 138 Å². The first-order valence-corrected chi connectivity index (χ1v) is 7.61. The number of aryl methyl sites for hydroxylation is 2. The van der Waals surface area contributed by atoms with Crippen LogP contribution in [0.1, 0.15) is 24.2 Å². The number of amides is 2. The van der Waals surface area contributed by atoms with Crippen LogP contribution < -0.4 is 10.6 Å². The molecule has 2 amide bonds. The minimum absolute atomic E-state index is 0.310. The van der Waals surface area contributed by atoms with Gasteiger partial charge in [0, 0.05) is 16.8 Å². The number of hydrogen-bond donors (Lipinski definition) is 2. The van der Waals surface area contributed by atoms with E-state index in [1.54, 1.807) is 25.1 Å². The molecule has 0 radical (unpaired) electrons. The summed E-state index contributed by atoms with van der Waals surface area (Å²) in [6, 6.07) is 6.85. The number of benzene rings is 1. The van der Waals surface area contributed by atoms with E-state index in [9.17, 15) is 9.59 Å². The Morgan fingerprint density at radius 1 is 1.17 bits per heavy atom. The molecule has 23 heavy (non-hydrogen) atoms. The molecule has 0 spiro atoms. The summed E-state index contributed by atoms with van der Waals surface area (Å²) < 4.78 is 4.90. The normalized spacial score (nSPS) is 15.1. The maximum absolute atomic E-state index is 12.5. The molecule has 120 valence electrons. The van der Waals surface area contributed by atoms with Crippen LogP contribution in [0, 0.1) is 19.3 Å². The Bertz CT molecular complexity index is 781. The Kier molecular flexibility index (Phi) is 3.85. The Morgan fingerprint density at radius 2 is 1.87 bits per heavy atom. The van der Waals surface area contributed by atoms with Crippen molar-refractivity contribution in [3.63, 3.8) is 0 Å². The lowest BCUT2D eigenvalue weighted by atomic mass is 10.0. The number of halogens is 1. The third-order valence-corrected chi connectivity index (χ3v) is 4.33. The molecule has 0 unspecified atom stereocenters. The molecule has 0 bridgehead atoms. The number of carbonyl (C=O) groups is 2.